The van der Waals surface area contributed by atoms with Gasteiger partial charge in [0, 0.05) is 59.6 Å². The van der Waals surface area contributed by atoms with E-state index >= 15 is 0 Å². The molecule has 0 bridgehead atoms. The molecule has 1 fully saturated rings. The van der Waals surface area contributed by atoms with Gasteiger partial charge in [-0.15, -0.1) is 16.8 Å². The highest BCUT2D eigenvalue weighted by atomic mass is 32.1. The zero-order valence-electron chi connectivity index (χ0n) is 25.1. The van der Waals surface area contributed by atoms with Crippen LogP contribution in [0.2, 0.25) is 0 Å². The largest absolute Gasteiger partial charge is 0.393 e. The predicted octanol–water partition coefficient (Wildman–Crippen LogP) is 5.86. The van der Waals surface area contributed by atoms with Gasteiger partial charge in [-0.1, -0.05) is 12.6 Å². The molecule has 46 heavy (non-hydrogen) atoms. The molecule has 6 rings (SSSR count). The van der Waals surface area contributed by atoms with E-state index in [0.29, 0.717) is 34.7 Å². The van der Waals surface area contributed by atoms with E-state index in [-0.39, 0.29) is 16.8 Å². The summed E-state index contributed by atoms with van der Waals surface area (Å²) in [6, 6.07) is 10.3. The van der Waals surface area contributed by atoms with E-state index in [4.69, 9.17) is 0 Å². The summed E-state index contributed by atoms with van der Waals surface area (Å²) in [4.78, 5) is 23.3. The second kappa shape index (κ2) is 13.2. The lowest BCUT2D eigenvalue weighted by atomic mass is 10.0. The monoisotopic (exact) mass is 665 g/mol. The maximum atomic E-state index is 12.9. The van der Waals surface area contributed by atoms with Crippen molar-refractivity contribution in [2.24, 2.45) is 0 Å². The molecule has 0 radical (unpaired) electrons. The number of nitrogens with zero attached hydrogens (tertiary/aromatic N) is 6. The van der Waals surface area contributed by atoms with Gasteiger partial charge in [-0.25, -0.2) is 9.97 Å². The molecule has 2 N–H and O–H groups in total. The molecule has 1 aromatic carbocycles. The summed E-state index contributed by atoms with van der Waals surface area (Å²) in [5.74, 6) is 0.310. The molecule has 1 amide bonds. The number of fused-ring (bicyclic) bond motifs is 2. The molecule has 4 aromatic heterocycles. The van der Waals surface area contributed by atoms with E-state index in [9.17, 15) is 23.2 Å². The van der Waals surface area contributed by atoms with E-state index < -0.39 is 12.6 Å². The molecule has 9 nitrogen and oxygen atoms in total. The van der Waals surface area contributed by atoms with Crippen molar-refractivity contribution in [2.45, 2.75) is 57.9 Å². The van der Waals surface area contributed by atoms with Crippen LogP contribution in [-0.2, 0) is 30.7 Å². The second-order valence-corrected chi connectivity index (χ2v) is 13.4. The van der Waals surface area contributed by atoms with E-state index in [1.807, 2.05) is 17.6 Å². The summed E-state index contributed by atoms with van der Waals surface area (Å²) >= 11 is 2.44. The highest BCUT2D eigenvalue weighted by Gasteiger charge is 2.29. The topological polar surface area (TPSA) is 103 Å². The van der Waals surface area contributed by atoms with Gasteiger partial charge in [0.1, 0.15) is 28.7 Å². The van der Waals surface area contributed by atoms with Crippen LogP contribution in [0.5, 0.6) is 0 Å². The van der Waals surface area contributed by atoms with E-state index in [1.165, 1.54) is 29.5 Å². The van der Waals surface area contributed by atoms with Crippen LogP contribution >= 0.6 is 22.9 Å². The number of piperidine rings is 1. The molecule has 1 aliphatic rings. The lowest BCUT2D eigenvalue weighted by Gasteiger charge is -2.33. The van der Waals surface area contributed by atoms with Gasteiger partial charge >= 0.3 is 6.18 Å². The first-order chi connectivity index (χ1) is 22.1. The van der Waals surface area contributed by atoms with Crippen molar-refractivity contribution in [1.82, 2.24) is 19.4 Å². The number of halogens is 3. The lowest BCUT2D eigenvalue weighted by molar-refractivity contribution is -0.570. The van der Waals surface area contributed by atoms with Gasteiger partial charge in [0.25, 0.3) is 5.91 Å². The molecule has 0 spiro atoms. The van der Waals surface area contributed by atoms with Crippen molar-refractivity contribution in [2.75, 3.05) is 23.8 Å². The number of likely N-dealkylation sites (tertiary alicyclic amines) is 1. The number of aryl methyl sites for hydroxylation is 3. The first kappa shape index (κ1) is 31.7. The summed E-state index contributed by atoms with van der Waals surface area (Å²) in [5, 5.41) is 17.1. The molecular weight excluding hydrogens is 634 g/mol. The number of hydrogen-bond donors (Lipinski definition) is 2. The molecule has 0 aliphatic carbocycles. The Morgan fingerprint density at radius 3 is 2.78 bits per heavy atom. The number of rotatable bonds is 10. The van der Waals surface area contributed by atoms with Gasteiger partial charge in [0.2, 0.25) is 6.20 Å². The summed E-state index contributed by atoms with van der Waals surface area (Å²) in [6.07, 6.45) is 1.73. The Balaban J connectivity index is 1.08. The Hall–Kier alpha value is -4.32. The number of nitriles is 1. The molecule has 14 heteroatoms. The number of hydrogen-bond acceptors (Lipinski definition) is 8. The third-order valence-electron chi connectivity index (χ3n) is 8.29. The van der Waals surface area contributed by atoms with Crippen LogP contribution in [0.4, 0.5) is 19.0 Å². The van der Waals surface area contributed by atoms with Crippen LogP contribution < -0.4 is 14.8 Å². The van der Waals surface area contributed by atoms with Gasteiger partial charge in [0.15, 0.2) is 11.5 Å². The highest BCUT2D eigenvalue weighted by molar-refractivity contribution is 7.18. The third-order valence-corrected chi connectivity index (χ3v) is 10.2. The number of nitrogens with one attached hydrogen (secondary N) is 2. The maximum Gasteiger partial charge on any atom is 0.393 e. The Labute approximate surface area is 271 Å². The Morgan fingerprint density at radius 2 is 2.04 bits per heavy atom. The maximum absolute atomic E-state index is 12.9. The fourth-order valence-electron chi connectivity index (χ4n) is 5.91. The van der Waals surface area contributed by atoms with Crippen LogP contribution in [0.3, 0.4) is 0 Å². The Kier molecular flexibility index (Phi) is 9.08. The number of aromatic nitrogens is 4. The molecule has 238 valence electrons. The van der Waals surface area contributed by atoms with Crippen molar-refractivity contribution < 1.29 is 22.0 Å². The number of carbonyl (C=O) groups excluding carboxylic acids is 1. The number of thiophene rings is 1. The van der Waals surface area contributed by atoms with Crippen molar-refractivity contribution in [1.29, 1.82) is 5.26 Å². The van der Waals surface area contributed by atoms with Crippen molar-refractivity contribution >= 4 is 55.7 Å². The standard InChI is InChI=1S/C32H31F3N8OS2/c1-3-29(44)40-43-16-21(18-45-43)6-11-42-24(15-36)12-26-20(2)22(4-5-28(26)42)17-41-9-7-23(8-10-41)39-30-27-13-25(14-32(33,34)35)46-31(27)38-19-37-30/h3-5,12-13,16,18-19,23H,1,6-11,14,17H2,2H3,(H-,37,38,39,40,44)/p+1. The van der Waals surface area contributed by atoms with Crippen LogP contribution in [0.1, 0.15) is 40.1 Å². The first-order valence-electron chi connectivity index (χ1n) is 14.8. The second-order valence-electron chi connectivity index (χ2n) is 11.4. The van der Waals surface area contributed by atoms with E-state index in [2.05, 4.69) is 61.9 Å². The Bertz CT molecular complexity index is 1950. The SMILES string of the molecule is C=CC(=O)N[n+]1cc(CCn2c(C#N)cc3c(C)c(CN4CCC(Nc5ncnc6sc(CC(F)(F)F)cc56)CC4)ccc32)cs1. The van der Waals surface area contributed by atoms with Gasteiger partial charge < -0.3 is 9.88 Å². The number of amides is 1. The minimum atomic E-state index is -4.26. The van der Waals surface area contributed by atoms with E-state index in [0.717, 1.165) is 65.8 Å². The minimum absolute atomic E-state index is 0.159. The zero-order valence-corrected chi connectivity index (χ0v) is 26.7. The summed E-state index contributed by atoms with van der Waals surface area (Å²) in [6.45, 7) is 8.73. The lowest BCUT2D eigenvalue weighted by Crippen LogP contribution is -2.43. The van der Waals surface area contributed by atoms with Crippen LogP contribution in [0.15, 0.2) is 54.8 Å². The molecular formula is C32H32F3N8OS2+. The van der Waals surface area contributed by atoms with Crippen LogP contribution in [0.25, 0.3) is 21.1 Å². The van der Waals surface area contributed by atoms with E-state index in [1.54, 1.807) is 10.1 Å². The summed E-state index contributed by atoms with van der Waals surface area (Å²) < 4.78 is 42.5. The predicted molar refractivity (Wildman–Crippen MR) is 173 cm³/mol. The van der Waals surface area contributed by atoms with Crippen molar-refractivity contribution in [3.63, 3.8) is 0 Å². The van der Waals surface area contributed by atoms with Gasteiger partial charge in [0.05, 0.1) is 17.2 Å². The summed E-state index contributed by atoms with van der Waals surface area (Å²) in [7, 11) is 0. The van der Waals surface area contributed by atoms with Gasteiger partial charge in [-0.2, -0.15) is 18.4 Å². The van der Waals surface area contributed by atoms with Crippen LogP contribution in [-0.4, -0.2) is 50.6 Å². The average Bonchev–Trinajstić information content (AvgIpc) is 3.74. The molecule has 0 unspecified atom stereocenters. The normalized spacial score (nSPS) is 14.5. The zero-order chi connectivity index (χ0) is 32.4. The highest BCUT2D eigenvalue weighted by Crippen LogP contribution is 2.33. The summed E-state index contributed by atoms with van der Waals surface area (Å²) in [5.41, 5.74) is 7.76. The molecule has 5 heterocycles. The number of benzene rings is 1. The average molecular weight is 666 g/mol. The Morgan fingerprint density at radius 1 is 1.24 bits per heavy atom. The van der Waals surface area contributed by atoms with Gasteiger partial charge in [-0.3, -0.25) is 9.69 Å². The number of carbonyl (C=O) groups is 1. The smallest absolute Gasteiger partial charge is 0.367 e. The molecule has 1 saturated heterocycles. The number of anilines is 1. The fourth-order valence-corrected chi connectivity index (χ4v) is 7.71. The third kappa shape index (κ3) is 7.06. The minimum Gasteiger partial charge on any atom is -0.367 e. The molecule has 0 saturated carbocycles. The van der Waals surface area contributed by atoms with Crippen LogP contribution in [0, 0.1) is 18.3 Å². The molecule has 1 aliphatic heterocycles. The number of alkyl halides is 3. The van der Waals surface area contributed by atoms with Crippen molar-refractivity contribution in [3.8, 4) is 6.07 Å². The fraction of sp³-hybridized carbons (Fsp3) is 0.344. The van der Waals surface area contributed by atoms with Gasteiger partial charge in [-0.05, 0) is 59.6 Å². The molecule has 0 atom stereocenters. The first-order valence-corrected chi connectivity index (χ1v) is 16.5. The molecule has 5 aromatic rings. The van der Waals surface area contributed by atoms with Crippen molar-refractivity contribution in [3.05, 3.63) is 82.1 Å². The quantitative estimate of drug-likeness (QED) is 0.143.